The van der Waals surface area contributed by atoms with Crippen LogP contribution in [0, 0.1) is 5.41 Å². The number of piperidine rings is 1. The number of anilines is 1. The van der Waals surface area contributed by atoms with Gasteiger partial charge in [0, 0.05) is 13.1 Å². The van der Waals surface area contributed by atoms with E-state index in [0.29, 0.717) is 13.0 Å². The summed E-state index contributed by atoms with van der Waals surface area (Å²) in [6.07, 6.45) is 3.99. The first-order valence-corrected chi connectivity index (χ1v) is 7.35. The fourth-order valence-electron chi connectivity index (χ4n) is 3.04. The van der Waals surface area contributed by atoms with Crippen LogP contribution in [-0.4, -0.2) is 34.1 Å². The van der Waals surface area contributed by atoms with Crippen LogP contribution in [0.1, 0.15) is 26.2 Å². The van der Waals surface area contributed by atoms with Gasteiger partial charge in [-0.2, -0.15) is 0 Å². The Hall–Kier alpha value is -2.17. The van der Waals surface area contributed by atoms with E-state index >= 15 is 0 Å². The lowest BCUT2D eigenvalue weighted by Crippen LogP contribution is -2.48. The number of benzene rings is 1. The van der Waals surface area contributed by atoms with Crippen molar-refractivity contribution < 1.29 is 9.90 Å². The van der Waals surface area contributed by atoms with E-state index in [1.165, 1.54) is 0 Å². The van der Waals surface area contributed by atoms with Crippen LogP contribution in [0.5, 0.6) is 0 Å². The zero-order valence-electron chi connectivity index (χ0n) is 12.1. The zero-order valence-corrected chi connectivity index (χ0v) is 12.1. The SMILES string of the molecule is CCC1(C(=O)O)CCCN(c2cnc3ccccc3n2)C1. The normalized spacial score (nSPS) is 22.4. The second-order valence-corrected chi connectivity index (χ2v) is 5.68. The first-order valence-electron chi connectivity index (χ1n) is 7.35. The molecule has 0 saturated carbocycles. The molecule has 1 aromatic carbocycles. The predicted octanol–water partition coefficient (Wildman–Crippen LogP) is 2.71. The lowest BCUT2D eigenvalue weighted by molar-refractivity contribution is -0.149. The number of carboxylic acid groups (broad SMARTS) is 1. The first-order chi connectivity index (χ1) is 10.1. The smallest absolute Gasteiger partial charge is 0.311 e. The van der Waals surface area contributed by atoms with Crippen molar-refractivity contribution in [2.24, 2.45) is 5.41 Å². The number of fused-ring (bicyclic) bond motifs is 1. The summed E-state index contributed by atoms with van der Waals surface area (Å²) in [5, 5.41) is 9.56. The number of hydrogen-bond acceptors (Lipinski definition) is 4. The third-order valence-corrected chi connectivity index (χ3v) is 4.47. The topological polar surface area (TPSA) is 66.3 Å². The molecule has 3 rings (SSSR count). The molecule has 1 unspecified atom stereocenters. The fraction of sp³-hybridized carbons (Fsp3) is 0.438. The van der Waals surface area contributed by atoms with Gasteiger partial charge in [-0.3, -0.25) is 9.78 Å². The van der Waals surface area contributed by atoms with Gasteiger partial charge >= 0.3 is 5.97 Å². The van der Waals surface area contributed by atoms with Gasteiger partial charge in [0.05, 0.1) is 22.6 Å². The van der Waals surface area contributed by atoms with Crippen LogP contribution in [-0.2, 0) is 4.79 Å². The molecule has 2 aromatic rings. The Bertz CT molecular complexity index is 673. The molecule has 1 saturated heterocycles. The number of nitrogens with zero attached hydrogens (tertiary/aromatic N) is 3. The average Bonchev–Trinajstić information content (AvgIpc) is 2.54. The molecule has 21 heavy (non-hydrogen) atoms. The third-order valence-electron chi connectivity index (χ3n) is 4.47. The van der Waals surface area contributed by atoms with Gasteiger partial charge in [-0.15, -0.1) is 0 Å². The van der Waals surface area contributed by atoms with Gasteiger partial charge in [0.1, 0.15) is 5.82 Å². The van der Waals surface area contributed by atoms with Crippen LogP contribution in [0.25, 0.3) is 11.0 Å². The number of para-hydroxylation sites is 2. The van der Waals surface area contributed by atoms with Crippen LogP contribution in [0.15, 0.2) is 30.5 Å². The van der Waals surface area contributed by atoms with Gasteiger partial charge in [0.2, 0.25) is 0 Å². The summed E-state index contributed by atoms with van der Waals surface area (Å²) in [4.78, 5) is 22.7. The van der Waals surface area contributed by atoms with Crippen molar-refractivity contribution in [3.05, 3.63) is 30.5 Å². The minimum absolute atomic E-state index is 0.506. The minimum Gasteiger partial charge on any atom is -0.481 e. The second kappa shape index (κ2) is 5.31. The first kappa shape index (κ1) is 13.8. The Morgan fingerprint density at radius 2 is 2.14 bits per heavy atom. The number of carbonyl (C=O) groups is 1. The van der Waals surface area contributed by atoms with Gasteiger partial charge in [0.15, 0.2) is 0 Å². The second-order valence-electron chi connectivity index (χ2n) is 5.68. The summed E-state index contributed by atoms with van der Waals surface area (Å²) in [6.45, 7) is 3.29. The molecule has 1 aliphatic rings. The van der Waals surface area contributed by atoms with Crippen molar-refractivity contribution in [3.63, 3.8) is 0 Å². The quantitative estimate of drug-likeness (QED) is 0.939. The summed E-state index contributed by atoms with van der Waals surface area (Å²) in [5.74, 6) is 0.0657. The van der Waals surface area contributed by atoms with Gasteiger partial charge in [-0.25, -0.2) is 4.98 Å². The molecular weight excluding hydrogens is 266 g/mol. The Labute approximate surface area is 123 Å². The number of carboxylic acids is 1. The lowest BCUT2D eigenvalue weighted by Gasteiger charge is -2.39. The molecular formula is C16H19N3O2. The summed E-state index contributed by atoms with van der Waals surface area (Å²) < 4.78 is 0. The maximum Gasteiger partial charge on any atom is 0.311 e. The van der Waals surface area contributed by atoms with Crippen molar-refractivity contribution in [1.82, 2.24) is 9.97 Å². The van der Waals surface area contributed by atoms with Gasteiger partial charge in [-0.05, 0) is 31.4 Å². The fourth-order valence-corrected chi connectivity index (χ4v) is 3.04. The van der Waals surface area contributed by atoms with Crippen molar-refractivity contribution in [1.29, 1.82) is 0 Å². The number of rotatable bonds is 3. The molecule has 5 nitrogen and oxygen atoms in total. The maximum atomic E-state index is 11.6. The van der Waals surface area contributed by atoms with E-state index in [0.717, 1.165) is 36.2 Å². The van der Waals surface area contributed by atoms with E-state index in [1.54, 1.807) is 6.20 Å². The van der Waals surface area contributed by atoms with Gasteiger partial charge in [-0.1, -0.05) is 19.1 Å². The van der Waals surface area contributed by atoms with E-state index in [1.807, 2.05) is 31.2 Å². The molecule has 1 N–H and O–H groups in total. The lowest BCUT2D eigenvalue weighted by atomic mass is 9.77. The van der Waals surface area contributed by atoms with Crippen LogP contribution in [0.2, 0.25) is 0 Å². The Kier molecular flexibility index (Phi) is 3.49. The molecule has 0 bridgehead atoms. The van der Waals surface area contributed by atoms with Crippen LogP contribution in [0.4, 0.5) is 5.82 Å². The highest BCUT2D eigenvalue weighted by Gasteiger charge is 2.41. The summed E-state index contributed by atoms with van der Waals surface area (Å²) in [6, 6.07) is 7.73. The van der Waals surface area contributed by atoms with E-state index in [2.05, 4.69) is 14.9 Å². The van der Waals surface area contributed by atoms with Gasteiger partial charge < -0.3 is 10.0 Å². The van der Waals surface area contributed by atoms with E-state index in [4.69, 9.17) is 0 Å². The molecule has 110 valence electrons. The average molecular weight is 285 g/mol. The molecule has 0 aliphatic carbocycles. The maximum absolute atomic E-state index is 11.6. The molecule has 0 radical (unpaired) electrons. The number of hydrogen-bond donors (Lipinski definition) is 1. The van der Waals surface area contributed by atoms with Crippen molar-refractivity contribution >= 4 is 22.8 Å². The highest BCUT2D eigenvalue weighted by Crippen LogP contribution is 2.35. The van der Waals surface area contributed by atoms with Crippen LogP contribution >= 0.6 is 0 Å². The van der Waals surface area contributed by atoms with Crippen LogP contribution in [0.3, 0.4) is 0 Å². The largest absolute Gasteiger partial charge is 0.481 e. The molecule has 1 aromatic heterocycles. The van der Waals surface area contributed by atoms with Crippen molar-refractivity contribution in [2.75, 3.05) is 18.0 Å². The van der Waals surface area contributed by atoms with Crippen molar-refractivity contribution in [3.8, 4) is 0 Å². The summed E-state index contributed by atoms with van der Waals surface area (Å²) in [5.41, 5.74) is 1.04. The highest BCUT2D eigenvalue weighted by molar-refractivity contribution is 5.77. The third kappa shape index (κ3) is 2.44. The standard InChI is InChI=1S/C16H19N3O2/c1-2-16(15(20)21)8-5-9-19(11-16)14-10-17-12-6-3-4-7-13(12)18-14/h3-4,6-7,10H,2,5,8-9,11H2,1H3,(H,20,21). The van der Waals surface area contributed by atoms with E-state index < -0.39 is 11.4 Å². The van der Waals surface area contributed by atoms with E-state index in [-0.39, 0.29) is 0 Å². The molecule has 1 fully saturated rings. The highest BCUT2D eigenvalue weighted by atomic mass is 16.4. The molecule has 1 aliphatic heterocycles. The Morgan fingerprint density at radius 1 is 1.38 bits per heavy atom. The monoisotopic (exact) mass is 285 g/mol. The van der Waals surface area contributed by atoms with Crippen molar-refractivity contribution in [2.45, 2.75) is 26.2 Å². The zero-order chi connectivity index (χ0) is 14.9. The minimum atomic E-state index is -0.705. The number of aromatic nitrogens is 2. The molecule has 0 spiro atoms. The number of aliphatic carboxylic acids is 1. The summed E-state index contributed by atoms with van der Waals surface area (Å²) >= 11 is 0. The molecule has 1 atom stereocenters. The molecule has 0 amide bonds. The summed E-state index contributed by atoms with van der Waals surface area (Å²) in [7, 11) is 0. The Balaban J connectivity index is 1.92. The molecule has 2 heterocycles. The van der Waals surface area contributed by atoms with Gasteiger partial charge in [0.25, 0.3) is 0 Å². The van der Waals surface area contributed by atoms with E-state index in [9.17, 15) is 9.90 Å². The molecule has 5 heteroatoms. The van der Waals surface area contributed by atoms with Crippen LogP contribution < -0.4 is 4.90 Å². The predicted molar refractivity (Wildman–Crippen MR) is 81.3 cm³/mol. The Morgan fingerprint density at radius 3 is 2.86 bits per heavy atom.